The van der Waals surface area contributed by atoms with Crippen molar-refractivity contribution in [3.63, 3.8) is 0 Å². The van der Waals surface area contributed by atoms with Gasteiger partial charge < -0.3 is 10.2 Å². The van der Waals surface area contributed by atoms with Crippen LogP contribution in [0.3, 0.4) is 0 Å². The molecule has 2 N–H and O–H groups in total. The van der Waals surface area contributed by atoms with Crippen molar-refractivity contribution in [1.82, 2.24) is 0 Å². The third kappa shape index (κ3) is 4.29. The minimum atomic E-state index is -0.532. The van der Waals surface area contributed by atoms with Gasteiger partial charge in [0.25, 0.3) is 0 Å². The molecule has 2 nitrogen and oxygen atoms in total. The monoisotopic (exact) mass is 418 g/mol. The van der Waals surface area contributed by atoms with Gasteiger partial charge in [-0.1, -0.05) is 46.3 Å². The Morgan fingerprint density at radius 2 is 1.77 bits per heavy atom. The van der Waals surface area contributed by atoms with Gasteiger partial charge in [-0.25, -0.2) is 0 Å². The van der Waals surface area contributed by atoms with E-state index in [-0.39, 0.29) is 6.10 Å². The van der Waals surface area contributed by atoms with Crippen molar-refractivity contribution in [3.8, 4) is 0 Å². The van der Waals surface area contributed by atoms with E-state index in [9.17, 15) is 10.2 Å². The zero-order valence-electron chi connectivity index (χ0n) is 21.0. The summed E-state index contributed by atoms with van der Waals surface area (Å²) in [5.41, 5.74) is 1.91. The van der Waals surface area contributed by atoms with Crippen molar-refractivity contribution < 1.29 is 10.2 Å². The summed E-state index contributed by atoms with van der Waals surface area (Å²) < 4.78 is 0. The van der Waals surface area contributed by atoms with Crippen molar-refractivity contribution in [2.75, 3.05) is 0 Å². The second-order valence-corrected chi connectivity index (χ2v) is 12.2. The lowest BCUT2D eigenvalue weighted by Gasteiger charge is -2.58. The fourth-order valence-corrected chi connectivity index (χ4v) is 8.40. The van der Waals surface area contributed by atoms with Gasteiger partial charge >= 0.3 is 0 Å². The van der Waals surface area contributed by atoms with Gasteiger partial charge in [0.05, 0.1) is 11.7 Å². The Balaban J connectivity index is 0.00000124. The molecule has 4 aliphatic carbocycles. The molecule has 0 aromatic rings. The van der Waals surface area contributed by atoms with E-state index in [1.807, 2.05) is 27.7 Å². The van der Waals surface area contributed by atoms with Crippen LogP contribution in [0, 0.1) is 40.4 Å². The fourth-order valence-electron chi connectivity index (χ4n) is 8.40. The van der Waals surface area contributed by atoms with Crippen LogP contribution in [-0.2, 0) is 0 Å². The van der Waals surface area contributed by atoms with Gasteiger partial charge in [0.1, 0.15) is 0 Å². The maximum absolute atomic E-state index is 10.2. The molecule has 0 heterocycles. The minimum Gasteiger partial charge on any atom is -0.393 e. The highest BCUT2D eigenvalue weighted by Gasteiger charge is 2.59. The lowest BCUT2D eigenvalue weighted by Crippen LogP contribution is -2.50. The van der Waals surface area contributed by atoms with Crippen LogP contribution in [0.15, 0.2) is 11.6 Å². The molecule has 174 valence electrons. The van der Waals surface area contributed by atoms with Gasteiger partial charge in [0.15, 0.2) is 0 Å². The van der Waals surface area contributed by atoms with Gasteiger partial charge in [-0.15, -0.1) is 0 Å². The molecular formula is C28H50O2. The number of fused-ring (bicyclic) bond motifs is 5. The van der Waals surface area contributed by atoms with E-state index in [2.05, 4.69) is 26.8 Å². The molecular weight excluding hydrogens is 368 g/mol. The zero-order chi connectivity index (χ0) is 22.3. The number of hydrogen-bond acceptors (Lipinski definition) is 2. The summed E-state index contributed by atoms with van der Waals surface area (Å²) in [5, 5.41) is 20.4. The van der Waals surface area contributed by atoms with Crippen LogP contribution < -0.4 is 0 Å². The predicted octanol–water partition coefficient (Wildman–Crippen LogP) is 7.14. The van der Waals surface area contributed by atoms with E-state index in [1.165, 1.54) is 38.5 Å². The van der Waals surface area contributed by atoms with Gasteiger partial charge in [-0.3, -0.25) is 0 Å². The van der Waals surface area contributed by atoms with E-state index in [0.29, 0.717) is 16.7 Å². The summed E-state index contributed by atoms with van der Waals surface area (Å²) in [7, 11) is 0. The predicted molar refractivity (Wildman–Crippen MR) is 127 cm³/mol. The van der Waals surface area contributed by atoms with Crippen molar-refractivity contribution in [1.29, 1.82) is 0 Å². The first-order chi connectivity index (χ1) is 14.0. The summed E-state index contributed by atoms with van der Waals surface area (Å²) in [6.45, 7) is 15.5. The topological polar surface area (TPSA) is 40.5 Å². The fraction of sp³-hybridized carbons (Fsp3) is 0.929. The molecule has 0 amide bonds. The molecule has 4 aliphatic rings. The first kappa shape index (κ1) is 24.3. The SMILES string of the molecule is CC.C[C@H](CCC(C)(C)O)C1CCC2C3CC=C4CC(O)CCC4(C)C3CCC21C. The van der Waals surface area contributed by atoms with Crippen LogP contribution in [0.4, 0.5) is 0 Å². The molecule has 0 radical (unpaired) electrons. The summed E-state index contributed by atoms with van der Waals surface area (Å²) >= 11 is 0. The molecule has 3 fully saturated rings. The molecule has 0 aliphatic heterocycles. The van der Waals surface area contributed by atoms with Crippen LogP contribution in [0.25, 0.3) is 0 Å². The van der Waals surface area contributed by atoms with Crippen LogP contribution in [-0.4, -0.2) is 21.9 Å². The third-order valence-electron chi connectivity index (χ3n) is 10.0. The Labute approximate surface area is 186 Å². The van der Waals surface area contributed by atoms with E-state index in [1.54, 1.807) is 5.57 Å². The van der Waals surface area contributed by atoms with E-state index < -0.39 is 5.60 Å². The number of aliphatic hydroxyl groups is 2. The Kier molecular flexibility index (Phi) is 7.20. The minimum absolute atomic E-state index is 0.0998. The first-order valence-corrected chi connectivity index (χ1v) is 13.1. The Hall–Kier alpha value is -0.340. The van der Waals surface area contributed by atoms with Gasteiger partial charge in [0.2, 0.25) is 0 Å². The Morgan fingerprint density at radius 1 is 1.07 bits per heavy atom. The molecule has 0 saturated heterocycles. The van der Waals surface area contributed by atoms with Gasteiger partial charge in [-0.2, -0.15) is 0 Å². The molecule has 3 saturated carbocycles. The van der Waals surface area contributed by atoms with Crippen LogP contribution >= 0.6 is 0 Å². The average Bonchev–Trinajstić information content (AvgIpc) is 3.05. The van der Waals surface area contributed by atoms with Crippen molar-refractivity contribution >= 4 is 0 Å². The molecule has 0 aromatic carbocycles. The summed E-state index contributed by atoms with van der Waals surface area (Å²) in [6.07, 6.45) is 14.5. The lowest BCUT2D eigenvalue weighted by atomic mass is 9.47. The quantitative estimate of drug-likeness (QED) is 0.476. The van der Waals surface area contributed by atoms with Crippen molar-refractivity contribution in [3.05, 3.63) is 11.6 Å². The highest BCUT2D eigenvalue weighted by atomic mass is 16.3. The molecule has 30 heavy (non-hydrogen) atoms. The second-order valence-electron chi connectivity index (χ2n) is 12.2. The van der Waals surface area contributed by atoms with Gasteiger partial charge in [0, 0.05) is 0 Å². The zero-order valence-corrected chi connectivity index (χ0v) is 21.0. The normalized spacial score (nSPS) is 44.0. The molecule has 2 heteroatoms. The standard InChI is InChI=1S/C26H44O2.C2H6/c1-17(10-13-24(2,3)28)21-8-9-22-20-7-6-18-16-19(27)11-14-25(18,4)23(20)12-15-26(21,22)5;1-2/h6,17,19-23,27-28H,7-16H2,1-5H3;1-2H3/t17-,19?,20?,21?,22?,23?,25?,26?;/m1./s1. The van der Waals surface area contributed by atoms with E-state index in [0.717, 1.165) is 49.4 Å². The lowest BCUT2D eigenvalue weighted by molar-refractivity contribution is -0.0585. The highest BCUT2D eigenvalue weighted by molar-refractivity contribution is 5.25. The molecule has 0 spiro atoms. The van der Waals surface area contributed by atoms with Crippen LogP contribution in [0.2, 0.25) is 0 Å². The summed E-state index contributed by atoms with van der Waals surface area (Å²) in [6, 6.07) is 0. The number of allylic oxidation sites excluding steroid dienone is 1. The van der Waals surface area contributed by atoms with E-state index >= 15 is 0 Å². The largest absolute Gasteiger partial charge is 0.393 e. The molecule has 7 unspecified atom stereocenters. The van der Waals surface area contributed by atoms with Crippen LogP contribution in [0.5, 0.6) is 0 Å². The molecule has 0 bridgehead atoms. The summed E-state index contributed by atoms with van der Waals surface area (Å²) in [4.78, 5) is 0. The molecule has 4 rings (SSSR count). The molecule has 8 atom stereocenters. The number of aliphatic hydroxyl groups excluding tert-OH is 1. The highest BCUT2D eigenvalue weighted by Crippen LogP contribution is 2.67. The maximum atomic E-state index is 10.2. The average molecular weight is 419 g/mol. The second kappa shape index (κ2) is 8.89. The molecule has 0 aromatic heterocycles. The van der Waals surface area contributed by atoms with Crippen LogP contribution in [0.1, 0.15) is 113 Å². The number of hydrogen-bond donors (Lipinski definition) is 2. The van der Waals surface area contributed by atoms with Crippen molar-refractivity contribution in [2.45, 2.75) is 124 Å². The van der Waals surface area contributed by atoms with Gasteiger partial charge in [-0.05, 0) is 118 Å². The van der Waals surface area contributed by atoms with Crippen molar-refractivity contribution in [2.24, 2.45) is 40.4 Å². The summed E-state index contributed by atoms with van der Waals surface area (Å²) in [5.74, 6) is 4.11. The first-order valence-electron chi connectivity index (χ1n) is 13.1. The Bertz CT molecular complexity index is 617. The number of rotatable bonds is 4. The van der Waals surface area contributed by atoms with E-state index in [4.69, 9.17) is 0 Å². The third-order valence-corrected chi connectivity index (χ3v) is 10.0. The Morgan fingerprint density at radius 3 is 2.43 bits per heavy atom. The smallest absolute Gasteiger partial charge is 0.0591 e. The maximum Gasteiger partial charge on any atom is 0.0591 e.